The van der Waals surface area contributed by atoms with E-state index in [1.54, 1.807) is 25.3 Å². The Bertz CT molecular complexity index is 1040. The van der Waals surface area contributed by atoms with Crippen LogP contribution in [0.15, 0.2) is 46.7 Å². The molecule has 0 atom stereocenters. The van der Waals surface area contributed by atoms with Crippen molar-refractivity contribution >= 4 is 50.3 Å². The lowest BCUT2D eigenvalue weighted by Crippen LogP contribution is -2.24. The summed E-state index contributed by atoms with van der Waals surface area (Å²) >= 11 is 7.30. The second kappa shape index (κ2) is 12.5. The zero-order valence-corrected chi connectivity index (χ0v) is 21.9. The van der Waals surface area contributed by atoms with Crippen LogP contribution in [0.5, 0.6) is 0 Å². The maximum absolute atomic E-state index is 13.2. The van der Waals surface area contributed by atoms with Gasteiger partial charge in [0.15, 0.2) is 0 Å². The Morgan fingerprint density at radius 2 is 1.84 bits per heavy atom. The monoisotopic (exact) mass is 495 g/mol. The van der Waals surface area contributed by atoms with Crippen LogP contribution in [0, 0.1) is 0 Å². The van der Waals surface area contributed by atoms with E-state index in [0.717, 1.165) is 43.7 Å². The summed E-state index contributed by atoms with van der Waals surface area (Å²) in [5.41, 5.74) is 4.10. The number of thioether (sulfide) groups is 1. The highest BCUT2D eigenvalue weighted by atomic mass is 35.5. The number of hydrogen-bond donors (Lipinski definition) is 2. The molecular weight excluding hydrogens is 462 g/mol. The molecule has 32 heavy (non-hydrogen) atoms. The highest BCUT2D eigenvalue weighted by Crippen LogP contribution is 2.32. The molecule has 0 saturated carbocycles. The van der Waals surface area contributed by atoms with E-state index in [1.807, 2.05) is 37.4 Å². The van der Waals surface area contributed by atoms with E-state index < -0.39 is 10.0 Å². The standard InChI is InChI=1S/C24H34ClN3O2S2/c1-6-28(7-2)15-9-11-19-13-14-22(17-23(19)26-4)27-32(29,30)24(31-5)18(3)20-10-8-12-21(25)16-20/h8,10,12-14,16-17,26-27H,6-7,9,11,15H2,1-5H3/b24-18+. The molecule has 0 saturated heterocycles. The lowest BCUT2D eigenvalue weighted by molar-refractivity contribution is 0.300. The average molecular weight is 496 g/mol. The fraction of sp³-hybridized carbons (Fsp3) is 0.417. The lowest BCUT2D eigenvalue weighted by Gasteiger charge is -2.19. The van der Waals surface area contributed by atoms with Crippen LogP contribution < -0.4 is 10.0 Å². The van der Waals surface area contributed by atoms with Gasteiger partial charge < -0.3 is 10.2 Å². The van der Waals surface area contributed by atoms with Gasteiger partial charge in [0.2, 0.25) is 0 Å². The van der Waals surface area contributed by atoms with Gasteiger partial charge in [-0.05, 0) is 86.6 Å². The van der Waals surface area contributed by atoms with Crippen LogP contribution in [0.25, 0.3) is 5.57 Å². The van der Waals surface area contributed by atoms with Crippen molar-refractivity contribution in [2.24, 2.45) is 0 Å². The van der Waals surface area contributed by atoms with Gasteiger partial charge in [0, 0.05) is 17.8 Å². The number of halogens is 1. The first-order chi connectivity index (χ1) is 15.2. The number of nitrogens with zero attached hydrogens (tertiary/aromatic N) is 1. The Balaban J connectivity index is 2.23. The summed E-state index contributed by atoms with van der Waals surface area (Å²) < 4.78 is 29.4. The summed E-state index contributed by atoms with van der Waals surface area (Å²) in [4.78, 5) is 2.40. The molecule has 0 radical (unpaired) electrons. The number of hydrogen-bond acceptors (Lipinski definition) is 5. The maximum Gasteiger partial charge on any atom is 0.268 e. The molecule has 2 N–H and O–H groups in total. The summed E-state index contributed by atoms with van der Waals surface area (Å²) in [6.45, 7) is 9.31. The second-order valence-corrected chi connectivity index (χ2v) is 10.6. The van der Waals surface area contributed by atoms with E-state index in [9.17, 15) is 8.42 Å². The van der Waals surface area contributed by atoms with Crippen molar-refractivity contribution in [3.63, 3.8) is 0 Å². The van der Waals surface area contributed by atoms with Crippen LogP contribution in [0.1, 0.15) is 38.3 Å². The summed E-state index contributed by atoms with van der Waals surface area (Å²) in [6.07, 6.45) is 3.75. The molecule has 2 aromatic rings. The SMILES string of the molecule is CCN(CC)CCCc1ccc(NS(=O)(=O)/C(SC)=C(\C)c2cccc(Cl)c2)cc1NC. The molecule has 5 nitrogen and oxygen atoms in total. The number of rotatable bonds is 12. The normalized spacial score (nSPS) is 12.6. The van der Waals surface area contributed by atoms with Crippen LogP contribution in [0.4, 0.5) is 11.4 Å². The third-order valence-corrected chi connectivity index (χ3v) is 8.81. The lowest BCUT2D eigenvalue weighted by atomic mass is 10.1. The summed E-state index contributed by atoms with van der Waals surface area (Å²) in [5, 5.41) is 3.78. The van der Waals surface area contributed by atoms with Crippen molar-refractivity contribution in [2.75, 3.05) is 43.0 Å². The topological polar surface area (TPSA) is 61.4 Å². The summed E-state index contributed by atoms with van der Waals surface area (Å²) in [6, 6.07) is 12.9. The van der Waals surface area contributed by atoms with Gasteiger partial charge in [-0.3, -0.25) is 4.72 Å². The van der Waals surface area contributed by atoms with Crippen molar-refractivity contribution in [3.05, 3.63) is 62.9 Å². The molecule has 0 unspecified atom stereocenters. The molecule has 0 aromatic heterocycles. The maximum atomic E-state index is 13.2. The first-order valence-electron chi connectivity index (χ1n) is 10.8. The van der Waals surface area contributed by atoms with E-state index in [2.05, 4.69) is 28.8 Å². The molecule has 2 aromatic carbocycles. The zero-order valence-electron chi connectivity index (χ0n) is 19.5. The molecule has 2 rings (SSSR count). The quantitative estimate of drug-likeness (QED) is 0.369. The number of benzene rings is 2. The molecule has 0 heterocycles. The van der Waals surface area contributed by atoms with E-state index >= 15 is 0 Å². The highest BCUT2D eigenvalue weighted by molar-refractivity contribution is 8.19. The van der Waals surface area contributed by atoms with Crippen LogP contribution in [-0.4, -0.2) is 46.3 Å². The van der Waals surface area contributed by atoms with Gasteiger partial charge in [0.05, 0.1) is 5.69 Å². The van der Waals surface area contributed by atoms with Gasteiger partial charge in [0.1, 0.15) is 4.24 Å². The molecule has 0 aliphatic carbocycles. The van der Waals surface area contributed by atoms with Crippen LogP contribution >= 0.6 is 23.4 Å². The molecule has 0 bridgehead atoms. The van der Waals surface area contributed by atoms with E-state index in [4.69, 9.17) is 11.6 Å². The zero-order chi connectivity index (χ0) is 23.7. The minimum absolute atomic E-state index is 0.272. The van der Waals surface area contributed by atoms with Crippen LogP contribution in [-0.2, 0) is 16.4 Å². The minimum Gasteiger partial charge on any atom is -0.388 e. The summed E-state index contributed by atoms with van der Waals surface area (Å²) in [7, 11) is -1.88. The highest BCUT2D eigenvalue weighted by Gasteiger charge is 2.21. The number of aryl methyl sites for hydroxylation is 1. The Labute approximate surface area is 202 Å². The van der Waals surface area contributed by atoms with Gasteiger partial charge in [0.25, 0.3) is 10.0 Å². The predicted molar refractivity (Wildman–Crippen MR) is 142 cm³/mol. The molecule has 0 amide bonds. The largest absolute Gasteiger partial charge is 0.388 e. The van der Waals surface area contributed by atoms with Crippen molar-refractivity contribution in [1.82, 2.24) is 4.90 Å². The van der Waals surface area contributed by atoms with Crippen LogP contribution in [0.2, 0.25) is 5.02 Å². The molecular formula is C24H34ClN3O2S2. The first-order valence-corrected chi connectivity index (χ1v) is 13.9. The fourth-order valence-electron chi connectivity index (χ4n) is 3.63. The molecule has 0 spiro atoms. The average Bonchev–Trinajstić information content (AvgIpc) is 2.77. The van der Waals surface area contributed by atoms with Gasteiger partial charge in [-0.1, -0.05) is 43.6 Å². The third kappa shape index (κ3) is 7.17. The minimum atomic E-state index is -3.74. The number of allylic oxidation sites excluding steroid dienone is 1. The van der Waals surface area contributed by atoms with Crippen molar-refractivity contribution in [2.45, 2.75) is 33.6 Å². The van der Waals surface area contributed by atoms with Gasteiger partial charge in [-0.15, -0.1) is 11.8 Å². The predicted octanol–water partition coefficient (Wildman–Crippen LogP) is 6.15. The van der Waals surface area contributed by atoms with Crippen molar-refractivity contribution < 1.29 is 8.42 Å². The number of nitrogens with one attached hydrogen (secondary N) is 2. The van der Waals surface area contributed by atoms with E-state index in [0.29, 0.717) is 16.3 Å². The van der Waals surface area contributed by atoms with E-state index in [-0.39, 0.29) is 4.24 Å². The molecule has 8 heteroatoms. The number of anilines is 2. The van der Waals surface area contributed by atoms with Crippen molar-refractivity contribution in [1.29, 1.82) is 0 Å². The van der Waals surface area contributed by atoms with E-state index in [1.165, 1.54) is 17.3 Å². The van der Waals surface area contributed by atoms with Crippen LogP contribution in [0.3, 0.4) is 0 Å². The molecule has 0 aliphatic heterocycles. The van der Waals surface area contributed by atoms with Crippen molar-refractivity contribution in [3.8, 4) is 0 Å². The first kappa shape index (κ1) is 26.6. The summed E-state index contributed by atoms with van der Waals surface area (Å²) in [5.74, 6) is 0. The molecule has 0 fully saturated rings. The Morgan fingerprint density at radius 1 is 1.12 bits per heavy atom. The third-order valence-electron chi connectivity index (χ3n) is 5.44. The van der Waals surface area contributed by atoms with Gasteiger partial charge in [-0.25, -0.2) is 8.42 Å². The Hall–Kier alpha value is -1.67. The second-order valence-electron chi connectivity index (χ2n) is 7.48. The van der Waals surface area contributed by atoms with Gasteiger partial charge >= 0.3 is 0 Å². The Kier molecular flexibility index (Phi) is 10.4. The Morgan fingerprint density at radius 3 is 2.44 bits per heavy atom. The smallest absolute Gasteiger partial charge is 0.268 e. The molecule has 0 aliphatic rings. The molecule has 176 valence electrons. The number of sulfonamides is 1. The van der Waals surface area contributed by atoms with Gasteiger partial charge in [-0.2, -0.15) is 0 Å². The fourth-order valence-corrected chi connectivity index (χ4v) is 6.30.